The lowest BCUT2D eigenvalue weighted by molar-refractivity contribution is -0.142. The minimum absolute atomic E-state index is 0.200. The van der Waals surface area contributed by atoms with E-state index in [0.29, 0.717) is 5.92 Å². The number of aliphatic carboxylic acids is 1. The predicted molar refractivity (Wildman–Crippen MR) is 63.6 cm³/mol. The topological polar surface area (TPSA) is 37.3 Å². The van der Waals surface area contributed by atoms with Gasteiger partial charge in [-0.2, -0.15) is 0 Å². The van der Waals surface area contributed by atoms with Crippen molar-refractivity contribution in [3.8, 4) is 0 Å². The van der Waals surface area contributed by atoms with Crippen molar-refractivity contribution in [2.75, 3.05) is 0 Å². The third-order valence-corrected chi connectivity index (χ3v) is 3.73. The molecule has 2 nitrogen and oxygen atoms in total. The molecule has 1 saturated carbocycles. The Morgan fingerprint density at radius 1 is 1.38 bits per heavy atom. The van der Waals surface area contributed by atoms with Crippen LogP contribution in [0.2, 0.25) is 0 Å². The maximum Gasteiger partial charge on any atom is 0.309 e. The van der Waals surface area contributed by atoms with Crippen molar-refractivity contribution < 1.29 is 9.90 Å². The summed E-state index contributed by atoms with van der Waals surface area (Å²) in [5.41, 5.74) is 1.94. The van der Waals surface area contributed by atoms with Gasteiger partial charge in [0.25, 0.3) is 0 Å². The van der Waals surface area contributed by atoms with Gasteiger partial charge in [-0.1, -0.05) is 38.1 Å². The molecule has 0 heterocycles. The van der Waals surface area contributed by atoms with Gasteiger partial charge in [-0.25, -0.2) is 0 Å². The molecule has 1 aromatic carbocycles. The number of carboxylic acid groups (broad SMARTS) is 1. The number of carbonyl (C=O) groups is 1. The van der Waals surface area contributed by atoms with Gasteiger partial charge in [0.05, 0.1) is 5.41 Å². The molecular formula is C14H18O2. The monoisotopic (exact) mass is 218 g/mol. The van der Waals surface area contributed by atoms with Crippen LogP contribution in [0.1, 0.15) is 50.2 Å². The summed E-state index contributed by atoms with van der Waals surface area (Å²) in [5.74, 6) is 0.0516. The van der Waals surface area contributed by atoms with Crippen LogP contribution in [0.25, 0.3) is 0 Å². The van der Waals surface area contributed by atoms with Crippen molar-refractivity contribution in [3.63, 3.8) is 0 Å². The first-order valence-electron chi connectivity index (χ1n) is 5.78. The molecule has 0 aliphatic heterocycles. The van der Waals surface area contributed by atoms with Crippen LogP contribution >= 0.6 is 0 Å². The van der Waals surface area contributed by atoms with E-state index in [1.54, 1.807) is 0 Å². The molecule has 1 fully saturated rings. The second-order valence-electron chi connectivity index (χ2n) is 5.30. The maximum atomic E-state index is 11.0. The van der Waals surface area contributed by atoms with Gasteiger partial charge in [0, 0.05) is 5.92 Å². The molecule has 1 aliphatic carbocycles. The van der Waals surface area contributed by atoms with E-state index >= 15 is 0 Å². The minimum Gasteiger partial charge on any atom is -0.481 e. The van der Waals surface area contributed by atoms with Crippen LogP contribution in [-0.4, -0.2) is 11.1 Å². The average molecular weight is 218 g/mol. The molecule has 0 unspecified atom stereocenters. The summed E-state index contributed by atoms with van der Waals surface area (Å²) < 4.78 is 0. The second kappa shape index (κ2) is 3.62. The molecule has 0 aromatic heterocycles. The van der Waals surface area contributed by atoms with E-state index in [9.17, 15) is 4.79 Å². The molecule has 16 heavy (non-hydrogen) atoms. The third kappa shape index (κ3) is 1.73. The first kappa shape index (κ1) is 11.2. The van der Waals surface area contributed by atoms with Crippen molar-refractivity contribution in [1.82, 2.24) is 0 Å². The summed E-state index contributed by atoms with van der Waals surface area (Å²) in [5, 5.41) is 9.09. The van der Waals surface area contributed by atoms with Gasteiger partial charge >= 0.3 is 5.97 Å². The van der Waals surface area contributed by atoms with Crippen LogP contribution in [0.3, 0.4) is 0 Å². The fourth-order valence-corrected chi connectivity index (χ4v) is 2.20. The van der Waals surface area contributed by atoms with E-state index in [4.69, 9.17) is 5.11 Å². The lowest BCUT2D eigenvalue weighted by atomic mass is 9.97. The lowest BCUT2D eigenvalue weighted by Gasteiger charge is -2.08. The summed E-state index contributed by atoms with van der Waals surface area (Å²) >= 11 is 0. The Labute approximate surface area is 96.3 Å². The molecule has 0 spiro atoms. The fourth-order valence-electron chi connectivity index (χ4n) is 2.20. The molecule has 2 rings (SSSR count). The van der Waals surface area contributed by atoms with Crippen LogP contribution in [-0.2, 0) is 4.79 Å². The van der Waals surface area contributed by atoms with Crippen LogP contribution in [0.5, 0.6) is 0 Å². The molecule has 0 saturated heterocycles. The molecular weight excluding hydrogens is 200 g/mol. The molecule has 0 amide bonds. The highest BCUT2D eigenvalue weighted by molar-refractivity contribution is 5.80. The summed E-state index contributed by atoms with van der Waals surface area (Å²) in [6.45, 7) is 6.15. The van der Waals surface area contributed by atoms with Crippen molar-refractivity contribution in [1.29, 1.82) is 0 Å². The van der Waals surface area contributed by atoms with Gasteiger partial charge in [-0.3, -0.25) is 4.79 Å². The van der Waals surface area contributed by atoms with Gasteiger partial charge in [0.15, 0.2) is 0 Å². The van der Waals surface area contributed by atoms with Gasteiger partial charge in [0.2, 0.25) is 0 Å². The SMILES string of the molecule is CC(C)c1ccc([C@H]2C[C@]2(C)C(=O)O)cc1. The van der Waals surface area contributed by atoms with Gasteiger partial charge in [-0.15, -0.1) is 0 Å². The standard InChI is InChI=1S/C14H18O2/c1-9(2)10-4-6-11(7-5-10)12-8-14(12,3)13(15)16/h4-7,9,12H,8H2,1-3H3,(H,15,16)/t12-,14+/m1/s1. The first-order chi connectivity index (χ1) is 7.45. The van der Waals surface area contributed by atoms with Crippen LogP contribution in [0.4, 0.5) is 0 Å². The third-order valence-electron chi connectivity index (χ3n) is 3.73. The highest BCUT2D eigenvalue weighted by Gasteiger charge is 2.56. The normalized spacial score (nSPS) is 28.1. The Morgan fingerprint density at radius 3 is 2.31 bits per heavy atom. The van der Waals surface area contributed by atoms with E-state index in [1.165, 1.54) is 5.56 Å². The van der Waals surface area contributed by atoms with E-state index in [1.807, 2.05) is 6.92 Å². The molecule has 0 bridgehead atoms. The Hall–Kier alpha value is -1.31. The second-order valence-corrected chi connectivity index (χ2v) is 5.30. The van der Waals surface area contributed by atoms with Crippen LogP contribution < -0.4 is 0 Å². The van der Waals surface area contributed by atoms with Gasteiger partial charge in [0.1, 0.15) is 0 Å². The zero-order valence-corrected chi connectivity index (χ0v) is 10.0. The molecule has 1 N–H and O–H groups in total. The van der Waals surface area contributed by atoms with Crippen LogP contribution in [0, 0.1) is 5.41 Å². The number of carboxylic acids is 1. The zero-order valence-electron chi connectivity index (χ0n) is 10.0. The predicted octanol–water partition coefficient (Wildman–Crippen LogP) is 3.39. The van der Waals surface area contributed by atoms with Crippen molar-refractivity contribution in [2.24, 2.45) is 5.41 Å². The smallest absolute Gasteiger partial charge is 0.309 e. The first-order valence-corrected chi connectivity index (χ1v) is 5.78. The van der Waals surface area contributed by atoms with Crippen molar-refractivity contribution in [3.05, 3.63) is 35.4 Å². The largest absolute Gasteiger partial charge is 0.481 e. The van der Waals surface area contributed by atoms with E-state index in [-0.39, 0.29) is 5.92 Å². The molecule has 1 aliphatic rings. The zero-order chi connectivity index (χ0) is 11.9. The molecule has 0 radical (unpaired) electrons. The van der Waals surface area contributed by atoms with Gasteiger partial charge in [-0.05, 0) is 30.4 Å². The summed E-state index contributed by atoms with van der Waals surface area (Å²) in [6.07, 6.45) is 0.767. The fraction of sp³-hybridized carbons (Fsp3) is 0.500. The molecule has 2 heteroatoms. The Balaban J connectivity index is 2.16. The van der Waals surface area contributed by atoms with E-state index < -0.39 is 11.4 Å². The van der Waals surface area contributed by atoms with Crippen LogP contribution in [0.15, 0.2) is 24.3 Å². The summed E-state index contributed by atoms with van der Waals surface area (Å²) in [6, 6.07) is 8.38. The Morgan fingerprint density at radius 2 is 1.94 bits per heavy atom. The summed E-state index contributed by atoms with van der Waals surface area (Å²) in [7, 11) is 0. The summed E-state index contributed by atoms with van der Waals surface area (Å²) in [4.78, 5) is 11.0. The van der Waals surface area contributed by atoms with E-state index in [2.05, 4.69) is 38.1 Å². The number of rotatable bonds is 3. The van der Waals surface area contributed by atoms with Crippen molar-refractivity contribution in [2.45, 2.75) is 39.0 Å². The van der Waals surface area contributed by atoms with Crippen molar-refractivity contribution >= 4 is 5.97 Å². The Bertz CT molecular complexity index is 405. The Kier molecular flexibility index (Phi) is 2.53. The average Bonchev–Trinajstić information content (AvgIpc) is 2.93. The highest BCUT2D eigenvalue weighted by Crippen LogP contribution is 2.59. The lowest BCUT2D eigenvalue weighted by Crippen LogP contribution is -2.12. The maximum absolute atomic E-state index is 11.0. The molecule has 1 aromatic rings. The molecule has 86 valence electrons. The number of hydrogen-bond acceptors (Lipinski definition) is 1. The number of benzene rings is 1. The quantitative estimate of drug-likeness (QED) is 0.844. The highest BCUT2D eigenvalue weighted by atomic mass is 16.4. The number of hydrogen-bond donors (Lipinski definition) is 1. The van der Waals surface area contributed by atoms with E-state index in [0.717, 1.165) is 12.0 Å². The molecule has 2 atom stereocenters. The minimum atomic E-state index is -0.676. The van der Waals surface area contributed by atoms with Gasteiger partial charge < -0.3 is 5.11 Å².